The second-order valence-electron chi connectivity index (χ2n) is 4.94. The zero-order chi connectivity index (χ0) is 17.8. The molecule has 1 aromatic rings. The van der Waals surface area contributed by atoms with E-state index in [2.05, 4.69) is 0 Å². The van der Waals surface area contributed by atoms with E-state index >= 15 is 0 Å². The maximum absolute atomic E-state index is 12.7. The van der Waals surface area contributed by atoms with Gasteiger partial charge in [0.1, 0.15) is 0 Å². The Balaban J connectivity index is 3.35. The topological polar surface area (TPSA) is 94.9 Å². The SMILES string of the molecule is CCN(C(=O)c1ccc(Cl)c(Cl)c1)[C@@](CC)(CC(=O)O)C(=O)O. The molecule has 0 heterocycles. The van der Waals surface area contributed by atoms with Crippen LogP contribution < -0.4 is 0 Å². The van der Waals surface area contributed by atoms with Crippen LogP contribution in [0.4, 0.5) is 0 Å². The summed E-state index contributed by atoms with van der Waals surface area (Å²) in [6.45, 7) is 3.15. The van der Waals surface area contributed by atoms with Crippen LogP contribution in [0.2, 0.25) is 10.0 Å². The third kappa shape index (κ3) is 3.95. The molecule has 2 N–H and O–H groups in total. The molecule has 0 saturated carbocycles. The fraction of sp³-hybridized carbons (Fsp3) is 0.400. The maximum atomic E-state index is 12.7. The largest absolute Gasteiger partial charge is 0.481 e. The number of halogens is 2. The quantitative estimate of drug-likeness (QED) is 0.777. The summed E-state index contributed by atoms with van der Waals surface area (Å²) < 4.78 is 0. The van der Waals surface area contributed by atoms with E-state index in [0.29, 0.717) is 0 Å². The zero-order valence-corrected chi connectivity index (χ0v) is 14.2. The molecule has 1 atom stereocenters. The summed E-state index contributed by atoms with van der Waals surface area (Å²) in [7, 11) is 0. The minimum atomic E-state index is -1.83. The number of carbonyl (C=O) groups excluding carboxylic acids is 1. The van der Waals surface area contributed by atoms with E-state index in [9.17, 15) is 19.5 Å². The van der Waals surface area contributed by atoms with Crippen LogP contribution in [-0.2, 0) is 9.59 Å². The van der Waals surface area contributed by atoms with Crippen LogP contribution in [-0.4, -0.2) is 45.0 Å². The van der Waals surface area contributed by atoms with E-state index in [1.165, 1.54) is 25.1 Å². The van der Waals surface area contributed by atoms with Gasteiger partial charge in [0.15, 0.2) is 5.54 Å². The van der Waals surface area contributed by atoms with Crippen molar-refractivity contribution in [2.24, 2.45) is 0 Å². The normalized spacial score (nSPS) is 13.2. The highest BCUT2D eigenvalue weighted by Crippen LogP contribution is 2.29. The van der Waals surface area contributed by atoms with E-state index in [-0.39, 0.29) is 28.6 Å². The lowest BCUT2D eigenvalue weighted by atomic mass is 9.89. The summed E-state index contributed by atoms with van der Waals surface area (Å²) in [6, 6.07) is 4.18. The van der Waals surface area contributed by atoms with Crippen molar-refractivity contribution in [1.29, 1.82) is 0 Å². The van der Waals surface area contributed by atoms with Crippen LogP contribution in [0.3, 0.4) is 0 Å². The van der Waals surface area contributed by atoms with Gasteiger partial charge in [-0.2, -0.15) is 0 Å². The average molecular weight is 362 g/mol. The van der Waals surface area contributed by atoms with Crippen LogP contribution in [0.15, 0.2) is 18.2 Å². The number of hydrogen-bond acceptors (Lipinski definition) is 3. The number of carbonyl (C=O) groups is 3. The van der Waals surface area contributed by atoms with Gasteiger partial charge in [0.25, 0.3) is 5.91 Å². The molecule has 0 aliphatic rings. The summed E-state index contributed by atoms with van der Waals surface area (Å²) in [5, 5.41) is 19.0. The van der Waals surface area contributed by atoms with Crippen molar-refractivity contribution in [3.63, 3.8) is 0 Å². The molecule has 0 aliphatic carbocycles. The Bertz CT molecular complexity index is 634. The maximum Gasteiger partial charge on any atom is 0.330 e. The Morgan fingerprint density at radius 1 is 1.13 bits per heavy atom. The third-order valence-corrected chi connectivity index (χ3v) is 4.41. The summed E-state index contributed by atoms with van der Waals surface area (Å²) in [4.78, 5) is 36.6. The Morgan fingerprint density at radius 2 is 1.74 bits per heavy atom. The number of benzene rings is 1. The smallest absolute Gasteiger partial charge is 0.330 e. The van der Waals surface area contributed by atoms with Crippen LogP contribution in [0.25, 0.3) is 0 Å². The Morgan fingerprint density at radius 3 is 2.13 bits per heavy atom. The zero-order valence-electron chi connectivity index (χ0n) is 12.7. The number of aliphatic carboxylic acids is 2. The molecule has 0 fully saturated rings. The summed E-state index contributed by atoms with van der Waals surface area (Å²) in [5.41, 5.74) is -1.69. The Hall–Kier alpha value is -1.79. The van der Waals surface area contributed by atoms with Crippen molar-refractivity contribution in [2.75, 3.05) is 6.54 Å². The number of carboxylic acid groups (broad SMARTS) is 2. The third-order valence-electron chi connectivity index (χ3n) is 3.67. The average Bonchev–Trinajstić information content (AvgIpc) is 2.48. The number of amides is 1. The van der Waals surface area contributed by atoms with Gasteiger partial charge < -0.3 is 15.1 Å². The minimum absolute atomic E-state index is 0.0342. The van der Waals surface area contributed by atoms with E-state index in [0.717, 1.165) is 4.90 Å². The van der Waals surface area contributed by atoms with Crippen LogP contribution >= 0.6 is 23.2 Å². The van der Waals surface area contributed by atoms with E-state index in [1.54, 1.807) is 6.92 Å². The highest BCUT2D eigenvalue weighted by Gasteiger charge is 2.46. The lowest BCUT2D eigenvalue weighted by molar-refractivity contribution is -0.156. The predicted molar refractivity (Wildman–Crippen MR) is 86.1 cm³/mol. The molecule has 0 unspecified atom stereocenters. The fourth-order valence-electron chi connectivity index (χ4n) is 2.43. The van der Waals surface area contributed by atoms with Crippen molar-refractivity contribution >= 4 is 41.0 Å². The van der Waals surface area contributed by atoms with E-state index < -0.39 is 29.8 Å². The molecular weight excluding hydrogens is 345 g/mol. The first-order valence-electron chi connectivity index (χ1n) is 6.91. The molecule has 8 heteroatoms. The van der Waals surface area contributed by atoms with Crippen molar-refractivity contribution in [1.82, 2.24) is 4.90 Å². The van der Waals surface area contributed by atoms with Gasteiger partial charge in [-0.05, 0) is 31.5 Å². The lowest BCUT2D eigenvalue weighted by Crippen LogP contribution is -2.57. The minimum Gasteiger partial charge on any atom is -0.481 e. The van der Waals surface area contributed by atoms with Crippen molar-refractivity contribution in [3.05, 3.63) is 33.8 Å². The summed E-state index contributed by atoms with van der Waals surface area (Å²) in [5.74, 6) is -3.27. The van der Waals surface area contributed by atoms with Gasteiger partial charge in [0.05, 0.1) is 16.5 Å². The number of carboxylic acids is 2. The van der Waals surface area contributed by atoms with Crippen LogP contribution in [0.5, 0.6) is 0 Å². The van der Waals surface area contributed by atoms with Gasteiger partial charge in [-0.3, -0.25) is 9.59 Å². The first kappa shape index (κ1) is 19.3. The molecule has 0 radical (unpaired) electrons. The molecule has 0 aliphatic heterocycles. The number of likely N-dealkylation sites (N-methyl/N-ethyl adjacent to an activating group) is 1. The number of hydrogen-bond donors (Lipinski definition) is 2. The molecule has 23 heavy (non-hydrogen) atoms. The molecule has 126 valence electrons. The van der Waals surface area contributed by atoms with Gasteiger partial charge >= 0.3 is 11.9 Å². The highest BCUT2D eigenvalue weighted by molar-refractivity contribution is 6.42. The second kappa shape index (κ2) is 7.66. The predicted octanol–water partition coefficient (Wildman–Crippen LogP) is 3.16. The molecule has 1 amide bonds. The molecule has 0 spiro atoms. The van der Waals surface area contributed by atoms with Crippen molar-refractivity contribution in [3.8, 4) is 0 Å². The molecule has 1 rings (SSSR count). The lowest BCUT2D eigenvalue weighted by Gasteiger charge is -2.38. The van der Waals surface area contributed by atoms with Gasteiger partial charge in [0.2, 0.25) is 0 Å². The second-order valence-corrected chi connectivity index (χ2v) is 5.75. The molecule has 0 saturated heterocycles. The Labute approximate surface area is 143 Å². The first-order chi connectivity index (χ1) is 10.7. The first-order valence-corrected chi connectivity index (χ1v) is 7.67. The molecule has 0 bridgehead atoms. The van der Waals surface area contributed by atoms with Crippen molar-refractivity contribution < 1.29 is 24.6 Å². The monoisotopic (exact) mass is 361 g/mol. The van der Waals surface area contributed by atoms with Crippen LogP contribution in [0, 0.1) is 0 Å². The summed E-state index contributed by atoms with van der Waals surface area (Å²) >= 11 is 11.7. The van der Waals surface area contributed by atoms with Gasteiger partial charge in [-0.1, -0.05) is 30.1 Å². The van der Waals surface area contributed by atoms with Gasteiger partial charge in [-0.15, -0.1) is 0 Å². The van der Waals surface area contributed by atoms with Crippen molar-refractivity contribution in [2.45, 2.75) is 32.2 Å². The van der Waals surface area contributed by atoms with Gasteiger partial charge in [0, 0.05) is 12.1 Å². The fourth-order valence-corrected chi connectivity index (χ4v) is 2.73. The van der Waals surface area contributed by atoms with E-state index in [1.807, 2.05) is 0 Å². The summed E-state index contributed by atoms with van der Waals surface area (Å²) in [6.07, 6.45) is -0.741. The highest BCUT2D eigenvalue weighted by atomic mass is 35.5. The van der Waals surface area contributed by atoms with Crippen LogP contribution in [0.1, 0.15) is 37.0 Å². The number of nitrogens with zero attached hydrogens (tertiary/aromatic N) is 1. The standard InChI is InChI=1S/C15H17Cl2NO5/c1-3-15(14(22)23,8-12(19)20)18(4-2)13(21)9-5-6-10(16)11(17)7-9/h5-7H,3-4,8H2,1-2H3,(H,19,20)(H,22,23)/t15-/m0/s1. The van der Waals surface area contributed by atoms with Gasteiger partial charge in [-0.25, -0.2) is 4.79 Å². The van der Waals surface area contributed by atoms with E-state index in [4.69, 9.17) is 28.3 Å². The Kier molecular flexibility index (Phi) is 6.41. The molecule has 1 aromatic carbocycles. The number of rotatable bonds is 7. The molecular formula is C15H17Cl2NO5. The molecule has 6 nitrogen and oxygen atoms in total. The molecule has 0 aromatic heterocycles.